The summed E-state index contributed by atoms with van der Waals surface area (Å²) in [5.74, 6) is -0.361. The van der Waals surface area contributed by atoms with Crippen molar-refractivity contribution < 1.29 is 9.53 Å². The third kappa shape index (κ3) is 2.63. The topological polar surface area (TPSA) is 68.1 Å². The van der Waals surface area contributed by atoms with E-state index in [0.717, 1.165) is 22.2 Å². The minimum Gasteiger partial charge on any atom is -0.465 e. The van der Waals surface area contributed by atoms with Gasteiger partial charge in [0.2, 0.25) is 0 Å². The number of aromatic amines is 1. The van der Waals surface area contributed by atoms with Crippen molar-refractivity contribution in [1.29, 1.82) is 0 Å². The number of esters is 1. The first kappa shape index (κ1) is 13.6. The molecule has 0 bridgehead atoms. The van der Waals surface area contributed by atoms with E-state index in [0.29, 0.717) is 13.0 Å². The molecule has 0 saturated carbocycles. The number of aromatic nitrogens is 1. The molecule has 0 aliphatic carbocycles. The molecule has 0 spiro atoms. The highest BCUT2D eigenvalue weighted by atomic mass is 16.5. The maximum Gasteiger partial charge on any atom is 0.326 e. The maximum absolute atomic E-state index is 11.9. The van der Waals surface area contributed by atoms with E-state index in [1.165, 1.54) is 0 Å². The molecular formula is C15H20N2O2. The minimum atomic E-state index is -1.01. The van der Waals surface area contributed by atoms with E-state index in [1.54, 1.807) is 13.8 Å². The highest BCUT2D eigenvalue weighted by molar-refractivity contribution is 5.87. The summed E-state index contributed by atoms with van der Waals surface area (Å²) in [7, 11) is 0. The van der Waals surface area contributed by atoms with E-state index in [-0.39, 0.29) is 5.97 Å². The van der Waals surface area contributed by atoms with E-state index >= 15 is 0 Å². The van der Waals surface area contributed by atoms with Crippen LogP contribution in [0.3, 0.4) is 0 Å². The van der Waals surface area contributed by atoms with Gasteiger partial charge in [-0.3, -0.25) is 4.79 Å². The van der Waals surface area contributed by atoms with Crippen molar-refractivity contribution in [2.75, 3.05) is 6.61 Å². The number of aryl methyl sites for hydroxylation is 1. The van der Waals surface area contributed by atoms with Crippen molar-refractivity contribution in [3.8, 4) is 0 Å². The smallest absolute Gasteiger partial charge is 0.326 e. The van der Waals surface area contributed by atoms with Crippen LogP contribution >= 0.6 is 0 Å². The van der Waals surface area contributed by atoms with Gasteiger partial charge < -0.3 is 15.5 Å². The number of nitrogens with two attached hydrogens (primary N) is 1. The van der Waals surface area contributed by atoms with E-state index in [9.17, 15) is 4.79 Å². The number of carbonyl (C=O) groups excluding carboxylic acids is 1. The molecular weight excluding hydrogens is 240 g/mol. The van der Waals surface area contributed by atoms with E-state index in [2.05, 4.69) is 4.98 Å². The molecule has 1 unspecified atom stereocenters. The van der Waals surface area contributed by atoms with Gasteiger partial charge in [0.05, 0.1) is 6.61 Å². The van der Waals surface area contributed by atoms with Crippen LogP contribution in [-0.2, 0) is 16.0 Å². The quantitative estimate of drug-likeness (QED) is 0.829. The Labute approximate surface area is 112 Å². The Kier molecular flexibility index (Phi) is 3.62. The maximum atomic E-state index is 11.9. The average Bonchev–Trinajstić information content (AvgIpc) is 2.66. The first-order valence-corrected chi connectivity index (χ1v) is 6.48. The van der Waals surface area contributed by atoms with Crippen LogP contribution in [0.2, 0.25) is 0 Å². The summed E-state index contributed by atoms with van der Waals surface area (Å²) in [5, 5.41) is 1.11. The molecule has 1 aromatic heterocycles. The Balaban J connectivity index is 2.35. The Morgan fingerprint density at radius 1 is 1.42 bits per heavy atom. The van der Waals surface area contributed by atoms with Crippen molar-refractivity contribution in [3.05, 3.63) is 35.5 Å². The van der Waals surface area contributed by atoms with Gasteiger partial charge in [-0.25, -0.2) is 0 Å². The molecule has 0 aliphatic rings. The zero-order valence-electron chi connectivity index (χ0n) is 11.6. The van der Waals surface area contributed by atoms with E-state index in [4.69, 9.17) is 10.5 Å². The summed E-state index contributed by atoms with van der Waals surface area (Å²) in [5.41, 5.74) is 8.29. The van der Waals surface area contributed by atoms with E-state index in [1.807, 2.05) is 31.2 Å². The van der Waals surface area contributed by atoms with Gasteiger partial charge in [-0.05, 0) is 32.4 Å². The fourth-order valence-electron chi connectivity index (χ4n) is 2.30. The van der Waals surface area contributed by atoms with Crippen LogP contribution < -0.4 is 5.73 Å². The zero-order valence-corrected chi connectivity index (χ0v) is 11.6. The third-order valence-electron chi connectivity index (χ3n) is 3.31. The van der Waals surface area contributed by atoms with Crippen LogP contribution in [0.5, 0.6) is 0 Å². The second kappa shape index (κ2) is 5.05. The lowest BCUT2D eigenvalue weighted by atomic mass is 9.92. The molecule has 4 nitrogen and oxygen atoms in total. The zero-order chi connectivity index (χ0) is 14.0. The second-order valence-corrected chi connectivity index (χ2v) is 5.09. The Morgan fingerprint density at radius 3 is 2.79 bits per heavy atom. The highest BCUT2D eigenvalue weighted by Crippen LogP contribution is 2.25. The molecule has 4 heteroatoms. The molecule has 19 heavy (non-hydrogen) atoms. The van der Waals surface area contributed by atoms with Crippen molar-refractivity contribution in [3.63, 3.8) is 0 Å². The number of ether oxygens (including phenoxy) is 1. The number of benzene rings is 1. The van der Waals surface area contributed by atoms with Crippen LogP contribution in [0.4, 0.5) is 0 Å². The van der Waals surface area contributed by atoms with Gasteiger partial charge in [-0.2, -0.15) is 0 Å². The van der Waals surface area contributed by atoms with Crippen LogP contribution in [-0.4, -0.2) is 23.1 Å². The van der Waals surface area contributed by atoms with Gasteiger partial charge in [-0.15, -0.1) is 0 Å². The normalized spacial score (nSPS) is 14.3. The summed E-state index contributed by atoms with van der Waals surface area (Å²) in [6.45, 7) is 5.84. The van der Waals surface area contributed by atoms with Crippen molar-refractivity contribution in [1.82, 2.24) is 4.98 Å². The number of rotatable bonds is 4. The molecule has 1 heterocycles. The molecule has 102 valence electrons. The first-order chi connectivity index (χ1) is 8.95. The molecule has 0 amide bonds. The van der Waals surface area contributed by atoms with Gasteiger partial charge in [-0.1, -0.05) is 18.2 Å². The molecule has 1 atom stereocenters. The molecule has 1 aromatic carbocycles. The molecule has 3 N–H and O–H groups in total. The van der Waals surface area contributed by atoms with Gasteiger partial charge in [0.15, 0.2) is 0 Å². The number of fused-ring (bicyclic) bond motifs is 1. The lowest BCUT2D eigenvalue weighted by molar-refractivity contribution is -0.148. The Morgan fingerprint density at radius 2 is 2.11 bits per heavy atom. The van der Waals surface area contributed by atoms with Crippen molar-refractivity contribution >= 4 is 16.9 Å². The summed E-state index contributed by atoms with van der Waals surface area (Å²) in [6.07, 6.45) is 0.460. The summed E-state index contributed by atoms with van der Waals surface area (Å²) in [6, 6.07) is 8.02. The summed E-state index contributed by atoms with van der Waals surface area (Å²) in [4.78, 5) is 15.2. The Hall–Kier alpha value is -1.81. The third-order valence-corrected chi connectivity index (χ3v) is 3.31. The average molecular weight is 260 g/mol. The van der Waals surface area contributed by atoms with Gasteiger partial charge in [0.1, 0.15) is 5.54 Å². The number of hydrogen-bond acceptors (Lipinski definition) is 3. The standard InChI is InChI=1S/C15H20N2O2/c1-4-19-14(18)15(3,16)9-12-10(2)17-13-8-6-5-7-11(12)13/h5-8,17H,4,9,16H2,1-3H3. The van der Waals surface area contributed by atoms with Crippen molar-refractivity contribution in [2.45, 2.75) is 32.7 Å². The van der Waals surface area contributed by atoms with Crippen LogP contribution in [0.25, 0.3) is 10.9 Å². The van der Waals surface area contributed by atoms with Gasteiger partial charge in [0.25, 0.3) is 0 Å². The highest BCUT2D eigenvalue weighted by Gasteiger charge is 2.31. The summed E-state index contributed by atoms with van der Waals surface area (Å²) < 4.78 is 5.03. The SMILES string of the molecule is CCOC(=O)C(C)(N)Cc1c(C)[nH]c2ccccc12. The predicted octanol–water partition coefficient (Wildman–Crippen LogP) is 2.30. The molecule has 0 aliphatic heterocycles. The number of nitrogens with one attached hydrogen (secondary N) is 1. The molecule has 0 saturated heterocycles. The number of para-hydroxylation sites is 1. The minimum absolute atomic E-state index is 0.346. The largest absolute Gasteiger partial charge is 0.465 e. The van der Waals surface area contributed by atoms with E-state index < -0.39 is 5.54 Å². The van der Waals surface area contributed by atoms with Gasteiger partial charge in [0, 0.05) is 23.0 Å². The fourth-order valence-corrected chi connectivity index (χ4v) is 2.30. The van der Waals surface area contributed by atoms with Gasteiger partial charge >= 0.3 is 5.97 Å². The molecule has 2 rings (SSSR count). The number of carbonyl (C=O) groups is 1. The second-order valence-electron chi connectivity index (χ2n) is 5.09. The lowest BCUT2D eigenvalue weighted by Gasteiger charge is -2.22. The molecule has 0 fully saturated rings. The van der Waals surface area contributed by atoms with Crippen LogP contribution in [0.15, 0.2) is 24.3 Å². The van der Waals surface area contributed by atoms with Crippen molar-refractivity contribution in [2.24, 2.45) is 5.73 Å². The molecule has 2 aromatic rings. The molecule has 0 radical (unpaired) electrons. The first-order valence-electron chi connectivity index (χ1n) is 6.48. The predicted molar refractivity (Wildman–Crippen MR) is 76.0 cm³/mol. The number of hydrogen-bond donors (Lipinski definition) is 2. The lowest BCUT2D eigenvalue weighted by Crippen LogP contribution is -2.48. The van der Waals surface area contributed by atoms with Crippen LogP contribution in [0, 0.1) is 6.92 Å². The Bertz CT molecular complexity index is 599. The van der Waals surface area contributed by atoms with Crippen LogP contribution in [0.1, 0.15) is 25.1 Å². The number of H-pyrrole nitrogens is 1. The monoisotopic (exact) mass is 260 g/mol. The summed E-state index contributed by atoms with van der Waals surface area (Å²) >= 11 is 0. The fraction of sp³-hybridized carbons (Fsp3) is 0.400.